The molecule has 29 heavy (non-hydrogen) atoms. The summed E-state index contributed by atoms with van der Waals surface area (Å²) in [5.41, 5.74) is -3.62. The summed E-state index contributed by atoms with van der Waals surface area (Å²) in [5.74, 6) is 0.602. The number of hydrogen-bond acceptors (Lipinski definition) is 4. The first-order chi connectivity index (χ1) is 13.6. The highest BCUT2D eigenvalue weighted by Crippen LogP contribution is 2.61. The van der Waals surface area contributed by atoms with Crippen LogP contribution in [0.2, 0.25) is 0 Å². The van der Waals surface area contributed by atoms with Gasteiger partial charge in [-0.1, -0.05) is 25.5 Å². The van der Waals surface area contributed by atoms with E-state index in [-0.39, 0.29) is 28.9 Å². The molecule has 0 N–H and O–H groups in total. The van der Waals surface area contributed by atoms with Crippen molar-refractivity contribution in [2.24, 2.45) is 29.1 Å². The first kappa shape index (κ1) is 20.3. The SMILES string of the molecule is C[C@@]12CCC[C@H]1[C@@H]1C(=CC#N)C=C3C=C(OS(=O)(=O)C(F)(F)F)C=C[C@@H]3[C@H]1CC2. The Bertz CT molecular complexity index is 984. The Morgan fingerprint density at radius 2 is 2.03 bits per heavy atom. The van der Waals surface area contributed by atoms with Crippen molar-refractivity contribution in [3.05, 3.63) is 47.3 Å². The summed E-state index contributed by atoms with van der Waals surface area (Å²) in [7, 11) is -5.72. The van der Waals surface area contributed by atoms with Crippen molar-refractivity contribution in [2.45, 2.75) is 44.5 Å². The normalized spacial score (nSPS) is 37.7. The molecule has 4 nitrogen and oxygen atoms in total. The van der Waals surface area contributed by atoms with Crippen molar-refractivity contribution >= 4 is 10.1 Å². The Balaban J connectivity index is 1.70. The van der Waals surface area contributed by atoms with Gasteiger partial charge in [0.25, 0.3) is 0 Å². The lowest BCUT2D eigenvalue weighted by Crippen LogP contribution is -2.43. The van der Waals surface area contributed by atoms with Gasteiger partial charge < -0.3 is 4.18 Å². The predicted octanol–water partition coefficient (Wildman–Crippen LogP) is 5.15. The van der Waals surface area contributed by atoms with E-state index in [1.165, 1.54) is 31.1 Å². The molecule has 8 heteroatoms. The van der Waals surface area contributed by atoms with Gasteiger partial charge in [-0.15, -0.1) is 0 Å². The number of allylic oxidation sites excluding steroid dienone is 7. The summed E-state index contributed by atoms with van der Waals surface area (Å²) in [4.78, 5) is 0. The fourth-order valence-corrected chi connectivity index (χ4v) is 6.36. The molecule has 4 aliphatic rings. The minimum Gasteiger partial charge on any atom is -0.376 e. The Morgan fingerprint density at radius 3 is 2.72 bits per heavy atom. The molecular formula is C21H22F3NO3S. The fourth-order valence-electron chi connectivity index (χ4n) is 5.91. The van der Waals surface area contributed by atoms with Crippen molar-refractivity contribution in [1.82, 2.24) is 0 Å². The van der Waals surface area contributed by atoms with Crippen molar-refractivity contribution < 1.29 is 25.8 Å². The van der Waals surface area contributed by atoms with Crippen LogP contribution in [0.1, 0.15) is 39.0 Å². The zero-order valence-corrected chi connectivity index (χ0v) is 16.8. The van der Waals surface area contributed by atoms with Crippen LogP contribution in [0, 0.1) is 40.4 Å². The molecule has 5 atom stereocenters. The Labute approximate surface area is 168 Å². The molecule has 0 amide bonds. The van der Waals surface area contributed by atoms with Gasteiger partial charge in [0.05, 0.1) is 6.07 Å². The second kappa shape index (κ2) is 6.76. The quantitative estimate of drug-likeness (QED) is 0.349. The molecule has 156 valence electrons. The van der Waals surface area contributed by atoms with E-state index < -0.39 is 15.6 Å². The number of alkyl halides is 3. The van der Waals surface area contributed by atoms with Crippen LogP contribution in [-0.4, -0.2) is 13.9 Å². The zero-order chi connectivity index (χ0) is 21.0. The lowest BCUT2D eigenvalue weighted by atomic mass is 9.53. The highest BCUT2D eigenvalue weighted by molar-refractivity contribution is 7.87. The van der Waals surface area contributed by atoms with Crippen molar-refractivity contribution in [3.63, 3.8) is 0 Å². The van der Waals surface area contributed by atoms with Crippen LogP contribution in [0.5, 0.6) is 0 Å². The maximum atomic E-state index is 12.6. The zero-order valence-electron chi connectivity index (χ0n) is 15.9. The summed E-state index contributed by atoms with van der Waals surface area (Å²) in [6.45, 7) is 2.33. The van der Waals surface area contributed by atoms with E-state index in [4.69, 9.17) is 0 Å². The monoisotopic (exact) mass is 425 g/mol. The standard InChI is InChI=1S/C21H22F3NO3S/c1-20-8-2-3-18(20)19-13(7-10-25)11-14-12-15(28-29(26,27)21(22,23)24)4-5-16(14)17(19)6-9-20/h4-5,7,11-12,16-19H,2-3,6,8-9H2,1H3/t16-,17+,18-,19+,20-/m0/s1. The number of nitriles is 1. The molecule has 0 aromatic carbocycles. The molecule has 0 aromatic heterocycles. The van der Waals surface area contributed by atoms with Crippen LogP contribution in [0.3, 0.4) is 0 Å². The molecule has 0 spiro atoms. The van der Waals surface area contributed by atoms with Crippen molar-refractivity contribution in [2.75, 3.05) is 0 Å². The molecular weight excluding hydrogens is 403 g/mol. The molecule has 2 fully saturated rings. The van der Waals surface area contributed by atoms with Crippen molar-refractivity contribution in [1.29, 1.82) is 5.26 Å². The molecule has 0 saturated heterocycles. The van der Waals surface area contributed by atoms with Gasteiger partial charge in [-0.2, -0.15) is 26.9 Å². The second-order valence-corrected chi connectivity index (χ2v) is 10.3. The first-order valence-electron chi connectivity index (χ1n) is 9.78. The van der Waals surface area contributed by atoms with Gasteiger partial charge >= 0.3 is 15.6 Å². The summed E-state index contributed by atoms with van der Waals surface area (Å²) >= 11 is 0. The van der Waals surface area contributed by atoms with E-state index in [0.29, 0.717) is 11.5 Å². The number of rotatable bonds is 2. The topological polar surface area (TPSA) is 67.2 Å². The number of halogens is 3. The smallest absolute Gasteiger partial charge is 0.376 e. The molecule has 0 radical (unpaired) electrons. The van der Waals surface area contributed by atoms with Gasteiger partial charge in [-0.25, -0.2) is 0 Å². The summed E-state index contributed by atoms with van der Waals surface area (Å²) in [5, 5.41) is 9.29. The largest absolute Gasteiger partial charge is 0.534 e. The van der Waals surface area contributed by atoms with Crippen LogP contribution in [0.15, 0.2) is 47.3 Å². The third-order valence-corrected chi connectivity index (χ3v) is 8.14. The van der Waals surface area contributed by atoms with Crippen LogP contribution in [0.25, 0.3) is 0 Å². The van der Waals surface area contributed by atoms with Gasteiger partial charge in [0.1, 0.15) is 5.76 Å². The molecule has 0 aromatic rings. The lowest BCUT2D eigenvalue weighted by Gasteiger charge is -2.51. The number of fused-ring (bicyclic) bond motifs is 5. The summed E-state index contributed by atoms with van der Waals surface area (Å²) < 4.78 is 64.9. The average Bonchev–Trinajstić information content (AvgIpc) is 3.02. The fraction of sp³-hybridized carbons (Fsp3) is 0.571. The van der Waals surface area contributed by atoms with Crippen LogP contribution >= 0.6 is 0 Å². The minimum absolute atomic E-state index is 0.0121. The highest BCUT2D eigenvalue weighted by Gasteiger charge is 2.53. The van der Waals surface area contributed by atoms with Gasteiger partial charge in [0.15, 0.2) is 0 Å². The molecule has 4 aliphatic carbocycles. The van der Waals surface area contributed by atoms with Gasteiger partial charge in [-0.05, 0) is 72.2 Å². The van der Waals surface area contributed by atoms with E-state index in [2.05, 4.69) is 17.2 Å². The molecule has 0 bridgehead atoms. The summed E-state index contributed by atoms with van der Waals surface area (Å²) in [6.07, 6.45) is 13.3. The van der Waals surface area contributed by atoms with E-state index in [0.717, 1.165) is 24.8 Å². The molecule has 2 saturated carbocycles. The molecule has 0 aliphatic heterocycles. The average molecular weight is 425 g/mol. The predicted molar refractivity (Wildman–Crippen MR) is 100 cm³/mol. The maximum Gasteiger partial charge on any atom is 0.534 e. The maximum absolute atomic E-state index is 12.6. The van der Waals surface area contributed by atoms with Crippen molar-refractivity contribution in [3.8, 4) is 6.07 Å². The first-order valence-corrected chi connectivity index (χ1v) is 11.2. The minimum atomic E-state index is -5.72. The second-order valence-electron chi connectivity index (χ2n) is 8.71. The van der Waals surface area contributed by atoms with E-state index >= 15 is 0 Å². The Kier molecular flexibility index (Phi) is 4.73. The summed E-state index contributed by atoms with van der Waals surface area (Å²) in [6, 6.07) is 2.11. The molecule has 0 heterocycles. The van der Waals surface area contributed by atoms with Crippen LogP contribution in [-0.2, 0) is 14.3 Å². The Hall–Kier alpha value is -2.01. The molecule has 4 rings (SSSR count). The van der Waals surface area contributed by atoms with Gasteiger partial charge in [0, 0.05) is 12.0 Å². The van der Waals surface area contributed by atoms with E-state index in [9.17, 15) is 26.9 Å². The van der Waals surface area contributed by atoms with E-state index in [1.54, 1.807) is 6.08 Å². The highest BCUT2D eigenvalue weighted by atomic mass is 32.2. The third-order valence-electron chi connectivity index (χ3n) is 7.16. The van der Waals surface area contributed by atoms with E-state index in [1.807, 2.05) is 6.08 Å². The lowest BCUT2D eigenvalue weighted by molar-refractivity contribution is -0.0520. The van der Waals surface area contributed by atoms with Crippen LogP contribution in [0.4, 0.5) is 13.2 Å². The molecule has 0 unspecified atom stereocenters. The Morgan fingerprint density at radius 1 is 1.28 bits per heavy atom. The van der Waals surface area contributed by atoms with Crippen LogP contribution < -0.4 is 0 Å². The van der Waals surface area contributed by atoms with Gasteiger partial charge in [-0.3, -0.25) is 0 Å². The third kappa shape index (κ3) is 3.33. The number of nitrogens with zero attached hydrogens (tertiary/aromatic N) is 1. The number of hydrogen-bond donors (Lipinski definition) is 0. The van der Waals surface area contributed by atoms with Gasteiger partial charge in [0.2, 0.25) is 0 Å².